The highest BCUT2D eigenvalue weighted by atomic mass is 16.5. The number of nitrogens with zero attached hydrogens (tertiary/aromatic N) is 2. The van der Waals surface area contributed by atoms with Crippen molar-refractivity contribution in [3.63, 3.8) is 0 Å². The van der Waals surface area contributed by atoms with Gasteiger partial charge in [-0.3, -0.25) is 14.4 Å². The maximum atomic E-state index is 12.0. The lowest BCUT2D eigenvalue weighted by atomic mass is 9.99. The Morgan fingerprint density at radius 1 is 0.742 bits per heavy atom. The summed E-state index contributed by atoms with van der Waals surface area (Å²) in [6, 6.07) is 0. The van der Waals surface area contributed by atoms with Crippen molar-refractivity contribution in [1.29, 1.82) is 0 Å². The van der Waals surface area contributed by atoms with Crippen molar-refractivity contribution in [1.82, 2.24) is 10.9 Å². The van der Waals surface area contributed by atoms with Gasteiger partial charge in [-0.05, 0) is 70.6 Å². The number of esters is 1. The van der Waals surface area contributed by atoms with E-state index in [2.05, 4.69) is 34.9 Å². The van der Waals surface area contributed by atoms with E-state index >= 15 is 0 Å². The summed E-state index contributed by atoms with van der Waals surface area (Å²) in [6.07, 6.45) is 7.59. The van der Waals surface area contributed by atoms with Crippen LogP contribution in [0.1, 0.15) is 98.3 Å². The summed E-state index contributed by atoms with van der Waals surface area (Å²) in [6.45, 7) is 8.45. The summed E-state index contributed by atoms with van der Waals surface area (Å²) < 4.78 is 5.41. The Morgan fingerprint density at radius 2 is 1.26 bits per heavy atom. The van der Waals surface area contributed by atoms with E-state index in [4.69, 9.17) is 4.74 Å². The van der Waals surface area contributed by atoms with Crippen LogP contribution in [0.25, 0.3) is 0 Å². The Morgan fingerprint density at radius 3 is 1.81 bits per heavy atom. The summed E-state index contributed by atoms with van der Waals surface area (Å²) in [7, 11) is 0. The molecule has 8 nitrogen and oxygen atoms in total. The van der Waals surface area contributed by atoms with Crippen LogP contribution in [0.15, 0.2) is 10.2 Å². The molecule has 0 aliphatic carbocycles. The SMILES string of the molecule is C/C1=N/NC(=O)CCCC(=O)N/N=C(/C)CCCC(C)CC(=O)OCCC(C)CCC1. The molecule has 8 heteroatoms. The molecule has 0 aromatic carbocycles. The molecule has 1 heterocycles. The van der Waals surface area contributed by atoms with E-state index in [1.165, 1.54) is 0 Å². The van der Waals surface area contributed by atoms with Crippen molar-refractivity contribution in [2.24, 2.45) is 22.0 Å². The molecule has 31 heavy (non-hydrogen) atoms. The molecule has 2 amide bonds. The minimum absolute atomic E-state index is 0.134. The molecule has 2 atom stereocenters. The monoisotopic (exact) mass is 436 g/mol. The first-order chi connectivity index (χ1) is 14.8. The number of cyclic esters (lactones) is 1. The third-order valence-electron chi connectivity index (χ3n) is 5.41. The van der Waals surface area contributed by atoms with Gasteiger partial charge < -0.3 is 4.74 Å². The van der Waals surface area contributed by atoms with Crippen LogP contribution < -0.4 is 10.9 Å². The average molecular weight is 437 g/mol. The second-order valence-electron chi connectivity index (χ2n) is 8.83. The highest BCUT2D eigenvalue weighted by Gasteiger charge is 2.12. The third kappa shape index (κ3) is 14.4. The molecule has 1 aliphatic rings. The molecule has 0 radical (unpaired) electrons. The predicted molar refractivity (Wildman–Crippen MR) is 123 cm³/mol. The van der Waals surface area contributed by atoms with E-state index in [-0.39, 0.29) is 36.5 Å². The Labute approximate surface area is 186 Å². The summed E-state index contributed by atoms with van der Waals surface area (Å²) in [5.41, 5.74) is 6.81. The van der Waals surface area contributed by atoms with Crippen LogP contribution in [0.2, 0.25) is 0 Å². The van der Waals surface area contributed by atoms with Crippen LogP contribution >= 0.6 is 0 Å². The predicted octanol–water partition coefficient (Wildman–Crippen LogP) is 4.09. The van der Waals surface area contributed by atoms with Gasteiger partial charge in [-0.1, -0.05) is 20.3 Å². The number of rotatable bonds is 0. The number of hydrogen-bond acceptors (Lipinski definition) is 6. The molecule has 2 unspecified atom stereocenters. The van der Waals surface area contributed by atoms with Crippen LogP contribution in [0.3, 0.4) is 0 Å². The Balaban J connectivity index is 2.59. The Hall–Kier alpha value is -2.25. The van der Waals surface area contributed by atoms with E-state index in [1.807, 2.05) is 13.8 Å². The van der Waals surface area contributed by atoms with Gasteiger partial charge in [-0.15, -0.1) is 0 Å². The minimum Gasteiger partial charge on any atom is -0.466 e. The molecule has 0 aromatic rings. The van der Waals surface area contributed by atoms with E-state index < -0.39 is 0 Å². The zero-order chi connectivity index (χ0) is 23.1. The van der Waals surface area contributed by atoms with Gasteiger partial charge in [-0.25, -0.2) is 10.9 Å². The lowest BCUT2D eigenvalue weighted by Gasteiger charge is -2.14. The van der Waals surface area contributed by atoms with Crippen molar-refractivity contribution >= 4 is 29.2 Å². The summed E-state index contributed by atoms with van der Waals surface area (Å²) in [4.78, 5) is 35.8. The Bertz CT molecular complexity index is 645. The van der Waals surface area contributed by atoms with Crippen molar-refractivity contribution in [2.75, 3.05) is 6.61 Å². The number of carbonyl (C=O) groups excluding carboxylic acids is 3. The van der Waals surface area contributed by atoms with Gasteiger partial charge in [0.05, 0.1) is 6.61 Å². The fourth-order valence-corrected chi connectivity index (χ4v) is 3.33. The lowest BCUT2D eigenvalue weighted by molar-refractivity contribution is -0.145. The largest absolute Gasteiger partial charge is 0.466 e. The normalized spacial score (nSPS) is 28.6. The molecule has 0 fully saturated rings. The highest BCUT2D eigenvalue weighted by Crippen LogP contribution is 2.15. The van der Waals surface area contributed by atoms with E-state index in [0.717, 1.165) is 56.4 Å². The van der Waals surface area contributed by atoms with Crippen LogP contribution in [0.5, 0.6) is 0 Å². The number of ether oxygens (including phenoxy) is 1. The fourth-order valence-electron chi connectivity index (χ4n) is 3.33. The summed E-state index contributed by atoms with van der Waals surface area (Å²) in [5, 5.41) is 8.25. The maximum absolute atomic E-state index is 12.0. The van der Waals surface area contributed by atoms with Gasteiger partial charge in [0.15, 0.2) is 0 Å². The van der Waals surface area contributed by atoms with Gasteiger partial charge in [0, 0.05) is 30.7 Å². The van der Waals surface area contributed by atoms with Crippen molar-refractivity contribution in [2.45, 2.75) is 98.3 Å². The number of carbonyl (C=O) groups is 3. The smallest absolute Gasteiger partial charge is 0.306 e. The minimum atomic E-state index is -0.202. The highest BCUT2D eigenvalue weighted by molar-refractivity contribution is 5.85. The molecule has 2 N–H and O–H groups in total. The molecular formula is C23H40N4O4. The molecule has 1 aliphatic heterocycles. The Kier molecular flexibility index (Phi) is 13.4. The van der Waals surface area contributed by atoms with Gasteiger partial charge in [-0.2, -0.15) is 10.2 Å². The zero-order valence-corrected chi connectivity index (χ0v) is 19.7. The van der Waals surface area contributed by atoms with Crippen molar-refractivity contribution < 1.29 is 19.1 Å². The van der Waals surface area contributed by atoms with E-state index in [1.54, 1.807) is 0 Å². The van der Waals surface area contributed by atoms with Gasteiger partial charge in [0.2, 0.25) is 11.8 Å². The van der Waals surface area contributed by atoms with Gasteiger partial charge >= 0.3 is 5.97 Å². The molecular weight excluding hydrogens is 396 g/mol. The lowest BCUT2D eigenvalue weighted by Crippen LogP contribution is -2.21. The topological polar surface area (TPSA) is 109 Å². The molecule has 0 spiro atoms. The second-order valence-corrected chi connectivity index (χ2v) is 8.83. The first-order valence-corrected chi connectivity index (χ1v) is 11.6. The summed E-state index contributed by atoms with van der Waals surface area (Å²) >= 11 is 0. The maximum Gasteiger partial charge on any atom is 0.306 e. The van der Waals surface area contributed by atoms with E-state index in [0.29, 0.717) is 25.4 Å². The van der Waals surface area contributed by atoms with Crippen LogP contribution in [-0.2, 0) is 19.1 Å². The number of nitrogens with one attached hydrogen (secondary N) is 2. The van der Waals surface area contributed by atoms with E-state index in [9.17, 15) is 14.4 Å². The first-order valence-electron chi connectivity index (χ1n) is 11.6. The molecule has 0 aromatic heterocycles. The number of amides is 2. The number of hydrogen-bond donors (Lipinski definition) is 2. The van der Waals surface area contributed by atoms with Crippen molar-refractivity contribution in [3.05, 3.63) is 0 Å². The van der Waals surface area contributed by atoms with Crippen LogP contribution in [-0.4, -0.2) is 35.8 Å². The molecule has 0 saturated carbocycles. The number of hydrazone groups is 2. The standard InChI is InChI=1S/C23H40N4O4/c1-17-8-5-10-19(3)24-26-21(28)12-7-13-22(29)27-25-20(4)11-6-9-18(2)16-23(30)31-15-14-17/h17-18H,5-16H2,1-4H3,(H,26,28)(H,27,29)/b24-19-,25-20-. The quantitative estimate of drug-likeness (QED) is 0.557. The molecule has 0 saturated heterocycles. The third-order valence-corrected chi connectivity index (χ3v) is 5.41. The summed E-state index contributed by atoms with van der Waals surface area (Å²) in [5.74, 6) is 0.195. The average Bonchev–Trinajstić information content (AvgIpc) is 2.70. The molecule has 1 rings (SSSR count). The van der Waals surface area contributed by atoms with Gasteiger partial charge in [0.1, 0.15) is 0 Å². The van der Waals surface area contributed by atoms with Gasteiger partial charge in [0.25, 0.3) is 0 Å². The van der Waals surface area contributed by atoms with Crippen molar-refractivity contribution in [3.8, 4) is 0 Å². The van der Waals surface area contributed by atoms with Crippen LogP contribution in [0.4, 0.5) is 0 Å². The first kappa shape index (κ1) is 26.8. The van der Waals surface area contributed by atoms with Crippen LogP contribution in [0, 0.1) is 11.8 Å². The fraction of sp³-hybridized carbons (Fsp3) is 0.783. The molecule has 176 valence electrons. The zero-order valence-electron chi connectivity index (χ0n) is 19.7. The second kappa shape index (κ2) is 15.5. The molecule has 0 bridgehead atoms.